The van der Waals surface area contributed by atoms with Gasteiger partial charge in [0.15, 0.2) is 12.4 Å². The largest absolute Gasteiger partial charge is 0.456 e. The van der Waals surface area contributed by atoms with Crippen molar-refractivity contribution >= 4 is 22.7 Å². The van der Waals surface area contributed by atoms with Crippen molar-refractivity contribution < 1.29 is 14.3 Å². The zero-order valence-electron chi connectivity index (χ0n) is 18.8. The van der Waals surface area contributed by atoms with Gasteiger partial charge in [0.05, 0.1) is 10.9 Å². The molecule has 0 radical (unpaired) electrons. The Kier molecular flexibility index (Phi) is 6.87. The molecular formula is C26H28N2O5. The van der Waals surface area contributed by atoms with Crippen LogP contribution >= 0.6 is 0 Å². The summed E-state index contributed by atoms with van der Waals surface area (Å²) in [6, 6.07) is 14.2. The lowest BCUT2D eigenvalue weighted by molar-refractivity contribution is -0.143. The van der Waals surface area contributed by atoms with E-state index in [1.807, 2.05) is 12.1 Å². The van der Waals surface area contributed by atoms with E-state index in [0.717, 1.165) is 4.57 Å². The lowest BCUT2D eigenvalue weighted by Crippen LogP contribution is -2.41. The second-order valence-corrected chi connectivity index (χ2v) is 8.48. The molecule has 1 aliphatic carbocycles. The van der Waals surface area contributed by atoms with E-state index in [1.54, 1.807) is 43.3 Å². The molecule has 33 heavy (non-hydrogen) atoms. The van der Waals surface area contributed by atoms with Crippen molar-refractivity contribution in [1.29, 1.82) is 0 Å². The van der Waals surface area contributed by atoms with Crippen LogP contribution in [0.2, 0.25) is 0 Å². The van der Waals surface area contributed by atoms with E-state index >= 15 is 0 Å². The number of ether oxygens (including phenoxy) is 1. The molecule has 1 aliphatic rings. The standard InChI is InChI=1S/C26H28N2O5/c1-2-27-25(31)21-10-6-7-11-22(21)28(26(27)32)16-24(30)33-17-23(29)20-14-12-19(13-15-20)18-8-4-3-5-9-18/h6-7,10-15,18H,2-5,8-9,16-17H2,1H3. The first-order valence-corrected chi connectivity index (χ1v) is 11.5. The Balaban J connectivity index is 1.44. The molecule has 0 amide bonds. The molecule has 0 atom stereocenters. The first-order chi connectivity index (χ1) is 16.0. The Morgan fingerprint density at radius 3 is 2.33 bits per heavy atom. The number of hydrogen-bond acceptors (Lipinski definition) is 5. The zero-order valence-corrected chi connectivity index (χ0v) is 18.8. The van der Waals surface area contributed by atoms with Crippen LogP contribution in [0, 0.1) is 0 Å². The number of esters is 1. The minimum Gasteiger partial charge on any atom is -0.456 e. The van der Waals surface area contributed by atoms with Crippen LogP contribution in [-0.4, -0.2) is 27.5 Å². The van der Waals surface area contributed by atoms with Crippen LogP contribution in [0.1, 0.15) is 60.9 Å². The van der Waals surface area contributed by atoms with E-state index in [9.17, 15) is 19.2 Å². The average molecular weight is 449 g/mol. The minimum atomic E-state index is -0.712. The summed E-state index contributed by atoms with van der Waals surface area (Å²) in [7, 11) is 0. The van der Waals surface area contributed by atoms with Gasteiger partial charge in [-0.05, 0) is 43.4 Å². The van der Waals surface area contributed by atoms with Gasteiger partial charge >= 0.3 is 11.7 Å². The zero-order chi connectivity index (χ0) is 23.4. The van der Waals surface area contributed by atoms with Crippen LogP contribution in [-0.2, 0) is 22.6 Å². The summed E-state index contributed by atoms with van der Waals surface area (Å²) in [4.78, 5) is 50.2. The number of ketones is 1. The Labute approximate surface area is 191 Å². The molecule has 0 unspecified atom stereocenters. The van der Waals surface area contributed by atoms with E-state index in [0.29, 0.717) is 22.4 Å². The van der Waals surface area contributed by atoms with E-state index in [4.69, 9.17) is 4.74 Å². The number of benzene rings is 2. The van der Waals surface area contributed by atoms with Gasteiger partial charge in [-0.15, -0.1) is 0 Å². The highest BCUT2D eigenvalue weighted by Gasteiger charge is 2.18. The number of hydrogen-bond donors (Lipinski definition) is 0. The lowest BCUT2D eigenvalue weighted by Gasteiger charge is -2.22. The molecule has 0 N–H and O–H groups in total. The molecule has 4 rings (SSSR count). The number of nitrogens with zero attached hydrogens (tertiary/aromatic N) is 2. The molecule has 172 valence electrons. The highest BCUT2D eigenvalue weighted by atomic mass is 16.5. The van der Waals surface area contributed by atoms with Crippen LogP contribution in [0.4, 0.5) is 0 Å². The lowest BCUT2D eigenvalue weighted by atomic mass is 9.84. The minimum absolute atomic E-state index is 0.187. The molecule has 0 bridgehead atoms. The smallest absolute Gasteiger partial charge is 0.332 e. The molecule has 7 nitrogen and oxygen atoms in total. The number of aromatic nitrogens is 2. The summed E-state index contributed by atoms with van der Waals surface area (Å²) in [6.07, 6.45) is 6.15. The third-order valence-corrected chi connectivity index (χ3v) is 6.41. The maximum Gasteiger partial charge on any atom is 0.332 e. The van der Waals surface area contributed by atoms with Crippen molar-refractivity contribution in [3.05, 3.63) is 80.5 Å². The fraction of sp³-hybridized carbons (Fsp3) is 0.385. The fourth-order valence-corrected chi connectivity index (χ4v) is 4.58. The van der Waals surface area contributed by atoms with Gasteiger partial charge in [-0.25, -0.2) is 4.79 Å². The topological polar surface area (TPSA) is 87.4 Å². The number of carbonyl (C=O) groups is 2. The number of fused-ring (bicyclic) bond motifs is 1. The first-order valence-electron chi connectivity index (χ1n) is 11.5. The number of para-hydroxylation sites is 1. The molecule has 3 aromatic rings. The predicted octanol–water partition coefficient (Wildman–Crippen LogP) is 3.66. The van der Waals surface area contributed by atoms with Gasteiger partial charge in [-0.2, -0.15) is 0 Å². The Bertz CT molecular complexity index is 1280. The van der Waals surface area contributed by atoms with Crippen LogP contribution in [0.5, 0.6) is 0 Å². The molecule has 0 spiro atoms. The molecule has 1 fully saturated rings. The maximum absolute atomic E-state index is 12.7. The van der Waals surface area contributed by atoms with Crippen LogP contribution < -0.4 is 11.2 Å². The molecule has 0 aliphatic heterocycles. The van der Waals surface area contributed by atoms with Gasteiger partial charge in [-0.1, -0.05) is 55.7 Å². The summed E-state index contributed by atoms with van der Waals surface area (Å²) in [6.45, 7) is 1.10. The molecule has 7 heteroatoms. The second-order valence-electron chi connectivity index (χ2n) is 8.48. The van der Waals surface area contributed by atoms with Gasteiger partial charge in [0.25, 0.3) is 5.56 Å². The predicted molar refractivity (Wildman–Crippen MR) is 126 cm³/mol. The SMILES string of the molecule is CCn1c(=O)c2ccccc2n(CC(=O)OCC(=O)c2ccc(C3CCCCC3)cc2)c1=O. The molecule has 1 aromatic heterocycles. The summed E-state index contributed by atoms with van der Waals surface area (Å²) >= 11 is 0. The molecule has 1 saturated carbocycles. The molecule has 1 heterocycles. The van der Waals surface area contributed by atoms with Crippen molar-refractivity contribution in [2.45, 2.75) is 58.0 Å². The third kappa shape index (κ3) is 4.82. The van der Waals surface area contributed by atoms with Crippen molar-refractivity contribution in [2.24, 2.45) is 0 Å². The monoisotopic (exact) mass is 448 g/mol. The summed E-state index contributed by atoms with van der Waals surface area (Å²) < 4.78 is 7.47. The van der Waals surface area contributed by atoms with E-state index < -0.39 is 23.8 Å². The van der Waals surface area contributed by atoms with E-state index in [1.165, 1.54) is 42.2 Å². The first kappa shape index (κ1) is 22.7. The Morgan fingerprint density at radius 1 is 0.939 bits per heavy atom. The van der Waals surface area contributed by atoms with Crippen LogP contribution in [0.25, 0.3) is 10.9 Å². The second kappa shape index (κ2) is 9.98. The molecule has 2 aromatic carbocycles. The van der Waals surface area contributed by atoms with Crippen molar-refractivity contribution in [3.8, 4) is 0 Å². The third-order valence-electron chi connectivity index (χ3n) is 6.41. The normalized spacial score (nSPS) is 14.3. The van der Waals surface area contributed by atoms with Crippen molar-refractivity contribution in [1.82, 2.24) is 9.13 Å². The van der Waals surface area contributed by atoms with Crippen molar-refractivity contribution in [2.75, 3.05) is 6.61 Å². The van der Waals surface area contributed by atoms with Gasteiger partial charge in [0, 0.05) is 12.1 Å². The number of rotatable bonds is 7. The maximum atomic E-state index is 12.7. The quantitative estimate of drug-likeness (QED) is 0.407. The van der Waals surface area contributed by atoms with Gasteiger partial charge in [0.1, 0.15) is 6.54 Å². The Hall–Kier alpha value is -3.48. The van der Waals surface area contributed by atoms with Crippen molar-refractivity contribution in [3.63, 3.8) is 0 Å². The molecular weight excluding hydrogens is 420 g/mol. The highest BCUT2D eigenvalue weighted by Crippen LogP contribution is 2.32. The van der Waals surface area contributed by atoms with Crippen LogP contribution in [0.15, 0.2) is 58.1 Å². The summed E-state index contributed by atoms with van der Waals surface area (Å²) in [5.41, 5.74) is 1.13. The highest BCUT2D eigenvalue weighted by molar-refractivity contribution is 5.98. The summed E-state index contributed by atoms with van der Waals surface area (Å²) in [5, 5.41) is 0.348. The van der Waals surface area contributed by atoms with E-state index in [-0.39, 0.29) is 18.9 Å². The summed E-state index contributed by atoms with van der Waals surface area (Å²) in [5.74, 6) is -0.453. The Morgan fingerprint density at radius 2 is 1.64 bits per heavy atom. The number of Topliss-reactive ketones (excluding diaryl/α,β-unsaturated/α-hetero) is 1. The fourth-order valence-electron chi connectivity index (χ4n) is 4.58. The molecule has 0 saturated heterocycles. The van der Waals surface area contributed by atoms with Crippen LogP contribution in [0.3, 0.4) is 0 Å². The number of carbonyl (C=O) groups excluding carboxylic acids is 2. The van der Waals surface area contributed by atoms with E-state index in [2.05, 4.69) is 0 Å². The van der Waals surface area contributed by atoms with Gasteiger partial charge in [0.2, 0.25) is 0 Å². The van der Waals surface area contributed by atoms with Gasteiger partial charge < -0.3 is 4.74 Å². The van der Waals surface area contributed by atoms with Gasteiger partial charge in [-0.3, -0.25) is 23.5 Å². The average Bonchev–Trinajstić information content (AvgIpc) is 2.86.